The lowest BCUT2D eigenvalue weighted by atomic mass is 10.0. The molecule has 0 aromatic heterocycles. The molecule has 30 heavy (non-hydrogen) atoms. The number of methoxy groups -OCH3 is 1. The third-order valence-corrected chi connectivity index (χ3v) is 4.63. The molecule has 1 N–H and O–H groups in total. The molecule has 9 nitrogen and oxygen atoms in total. The van der Waals surface area contributed by atoms with Gasteiger partial charge in [-0.05, 0) is 41.3 Å². The molecule has 0 radical (unpaired) electrons. The SMILES string of the molecule is COc1ccc(/C=C2\C(=O)NC(=O)N(c3ccc(C(C)C)cc3)C2=O)cc1[N+](=O)[O-]. The van der Waals surface area contributed by atoms with Crippen molar-refractivity contribution < 1.29 is 24.0 Å². The second kappa shape index (κ2) is 8.16. The van der Waals surface area contributed by atoms with Gasteiger partial charge in [0.05, 0.1) is 17.7 Å². The monoisotopic (exact) mass is 409 g/mol. The van der Waals surface area contributed by atoms with Crippen molar-refractivity contribution in [1.82, 2.24) is 5.32 Å². The summed E-state index contributed by atoms with van der Waals surface area (Å²) in [5.41, 5.74) is 0.946. The molecule has 4 amide bonds. The highest BCUT2D eigenvalue weighted by atomic mass is 16.6. The summed E-state index contributed by atoms with van der Waals surface area (Å²) >= 11 is 0. The lowest BCUT2D eigenvalue weighted by Crippen LogP contribution is -2.54. The number of ether oxygens (including phenoxy) is 1. The third kappa shape index (κ3) is 3.90. The molecule has 154 valence electrons. The van der Waals surface area contributed by atoms with E-state index in [9.17, 15) is 24.5 Å². The van der Waals surface area contributed by atoms with Crippen molar-refractivity contribution in [3.63, 3.8) is 0 Å². The van der Waals surface area contributed by atoms with E-state index in [0.29, 0.717) is 5.69 Å². The molecule has 1 fully saturated rings. The van der Waals surface area contributed by atoms with Crippen molar-refractivity contribution in [2.24, 2.45) is 0 Å². The number of nitrogens with one attached hydrogen (secondary N) is 1. The van der Waals surface area contributed by atoms with Crippen LogP contribution in [0.15, 0.2) is 48.0 Å². The Morgan fingerprint density at radius 3 is 2.33 bits per heavy atom. The van der Waals surface area contributed by atoms with Crippen LogP contribution in [0.2, 0.25) is 0 Å². The summed E-state index contributed by atoms with van der Waals surface area (Å²) in [5.74, 6) is -1.38. The minimum atomic E-state index is -0.876. The largest absolute Gasteiger partial charge is 0.490 e. The maximum absolute atomic E-state index is 12.9. The lowest BCUT2D eigenvalue weighted by molar-refractivity contribution is -0.385. The highest BCUT2D eigenvalue weighted by Crippen LogP contribution is 2.29. The maximum atomic E-state index is 12.9. The van der Waals surface area contributed by atoms with Crippen molar-refractivity contribution in [3.05, 3.63) is 69.3 Å². The summed E-state index contributed by atoms with van der Waals surface area (Å²) in [6.45, 7) is 4.03. The lowest BCUT2D eigenvalue weighted by Gasteiger charge is -2.26. The molecule has 1 aliphatic rings. The van der Waals surface area contributed by atoms with Gasteiger partial charge in [-0.1, -0.05) is 32.0 Å². The van der Waals surface area contributed by atoms with Crippen LogP contribution in [0.1, 0.15) is 30.9 Å². The first-order chi connectivity index (χ1) is 14.2. The average molecular weight is 409 g/mol. The Kier molecular flexibility index (Phi) is 5.63. The van der Waals surface area contributed by atoms with Crippen molar-refractivity contribution in [2.75, 3.05) is 12.0 Å². The van der Waals surface area contributed by atoms with E-state index in [-0.39, 0.29) is 28.5 Å². The normalized spacial score (nSPS) is 15.5. The van der Waals surface area contributed by atoms with Crippen LogP contribution in [0, 0.1) is 10.1 Å². The van der Waals surface area contributed by atoms with E-state index in [1.54, 1.807) is 24.3 Å². The Morgan fingerprint density at radius 2 is 1.77 bits per heavy atom. The summed E-state index contributed by atoms with van der Waals surface area (Å²) < 4.78 is 4.95. The number of benzene rings is 2. The molecule has 1 heterocycles. The number of urea groups is 1. The van der Waals surface area contributed by atoms with E-state index in [0.717, 1.165) is 10.5 Å². The summed E-state index contributed by atoms with van der Waals surface area (Å²) in [5, 5.41) is 13.3. The predicted octanol–water partition coefficient (Wildman–Crippen LogP) is 3.39. The van der Waals surface area contributed by atoms with Gasteiger partial charge in [-0.15, -0.1) is 0 Å². The molecular formula is C21H19N3O6. The molecule has 0 saturated carbocycles. The molecule has 1 aliphatic heterocycles. The number of imide groups is 2. The molecular weight excluding hydrogens is 390 g/mol. The maximum Gasteiger partial charge on any atom is 0.335 e. The fourth-order valence-corrected chi connectivity index (χ4v) is 3.01. The van der Waals surface area contributed by atoms with Crippen molar-refractivity contribution in [3.8, 4) is 5.75 Å². The molecule has 2 aromatic carbocycles. The molecule has 2 aromatic rings. The second-order valence-corrected chi connectivity index (χ2v) is 6.89. The number of nitrogens with zero attached hydrogens (tertiary/aromatic N) is 2. The van der Waals surface area contributed by atoms with E-state index in [1.807, 2.05) is 13.8 Å². The quantitative estimate of drug-likeness (QED) is 0.350. The smallest absolute Gasteiger partial charge is 0.335 e. The van der Waals surface area contributed by atoms with Crippen LogP contribution < -0.4 is 15.0 Å². The van der Waals surface area contributed by atoms with E-state index >= 15 is 0 Å². The Balaban J connectivity index is 2.00. The number of amides is 4. The minimum Gasteiger partial charge on any atom is -0.490 e. The van der Waals surface area contributed by atoms with Gasteiger partial charge in [-0.3, -0.25) is 25.0 Å². The Morgan fingerprint density at radius 1 is 1.10 bits per heavy atom. The van der Waals surface area contributed by atoms with Gasteiger partial charge >= 0.3 is 11.7 Å². The number of nitro groups is 1. The van der Waals surface area contributed by atoms with Crippen molar-refractivity contribution in [2.45, 2.75) is 19.8 Å². The highest BCUT2D eigenvalue weighted by Gasteiger charge is 2.37. The van der Waals surface area contributed by atoms with E-state index in [4.69, 9.17) is 4.74 Å². The van der Waals surface area contributed by atoms with Gasteiger partial charge in [0, 0.05) is 6.07 Å². The van der Waals surface area contributed by atoms with Crippen LogP contribution in [-0.4, -0.2) is 29.9 Å². The number of barbiturate groups is 1. The predicted molar refractivity (Wildman–Crippen MR) is 109 cm³/mol. The van der Waals surface area contributed by atoms with E-state index in [2.05, 4.69) is 5.32 Å². The fraction of sp³-hybridized carbons (Fsp3) is 0.190. The topological polar surface area (TPSA) is 119 Å². The van der Waals surface area contributed by atoms with Crippen LogP contribution in [0.25, 0.3) is 6.08 Å². The summed E-state index contributed by atoms with van der Waals surface area (Å²) in [6.07, 6.45) is 1.20. The Hall–Kier alpha value is -4.01. The standard InChI is InChI=1S/C21H19N3O6/c1-12(2)14-5-7-15(8-6-14)23-20(26)16(19(25)22-21(23)27)10-13-4-9-18(30-3)17(11-13)24(28)29/h4-12H,1-3H3,(H,22,25,27)/b16-10+. The Bertz CT molecular complexity index is 1070. The number of hydrogen-bond acceptors (Lipinski definition) is 6. The molecule has 0 bridgehead atoms. The minimum absolute atomic E-state index is 0.0450. The van der Waals surface area contributed by atoms with Crippen LogP contribution >= 0.6 is 0 Å². The fourth-order valence-electron chi connectivity index (χ4n) is 3.01. The van der Waals surface area contributed by atoms with Gasteiger partial charge < -0.3 is 4.74 Å². The van der Waals surface area contributed by atoms with Crippen LogP contribution in [0.5, 0.6) is 5.75 Å². The van der Waals surface area contributed by atoms with Gasteiger partial charge in [0.2, 0.25) is 0 Å². The summed E-state index contributed by atoms with van der Waals surface area (Å²) in [4.78, 5) is 48.9. The van der Waals surface area contributed by atoms with Crippen LogP contribution in [0.3, 0.4) is 0 Å². The van der Waals surface area contributed by atoms with E-state index in [1.165, 1.54) is 31.4 Å². The number of anilines is 1. The number of carbonyl (C=O) groups excluding carboxylic acids is 3. The molecule has 3 rings (SSSR count). The van der Waals surface area contributed by atoms with E-state index < -0.39 is 22.8 Å². The number of carbonyl (C=O) groups is 3. The third-order valence-electron chi connectivity index (χ3n) is 4.63. The first kappa shape index (κ1) is 20.7. The first-order valence-corrected chi connectivity index (χ1v) is 9.06. The van der Waals surface area contributed by atoms with Crippen molar-refractivity contribution in [1.29, 1.82) is 0 Å². The summed E-state index contributed by atoms with van der Waals surface area (Å²) in [6, 6.07) is 10.0. The van der Waals surface area contributed by atoms with Gasteiger partial charge in [0.1, 0.15) is 5.57 Å². The average Bonchev–Trinajstić information content (AvgIpc) is 2.71. The van der Waals surface area contributed by atoms with Crippen LogP contribution in [0.4, 0.5) is 16.2 Å². The zero-order valence-electron chi connectivity index (χ0n) is 16.5. The van der Waals surface area contributed by atoms with Crippen molar-refractivity contribution >= 4 is 35.3 Å². The molecule has 0 atom stereocenters. The zero-order chi connectivity index (χ0) is 22.0. The highest BCUT2D eigenvalue weighted by molar-refractivity contribution is 6.39. The van der Waals surface area contributed by atoms with Crippen LogP contribution in [-0.2, 0) is 9.59 Å². The molecule has 9 heteroatoms. The second-order valence-electron chi connectivity index (χ2n) is 6.89. The first-order valence-electron chi connectivity index (χ1n) is 9.06. The van der Waals surface area contributed by atoms with Gasteiger partial charge in [-0.2, -0.15) is 0 Å². The van der Waals surface area contributed by atoms with Gasteiger partial charge in [-0.25, -0.2) is 9.69 Å². The number of rotatable bonds is 5. The Labute approximate surface area is 172 Å². The molecule has 0 spiro atoms. The number of nitro benzene ring substituents is 1. The molecule has 0 unspecified atom stereocenters. The van der Waals surface area contributed by atoms with Gasteiger partial charge in [0.15, 0.2) is 5.75 Å². The molecule has 0 aliphatic carbocycles. The summed E-state index contributed by atoms with van der Waals surface area (Å²) in [7, 11) is 1.30. The molecule has 1 saturated heterocycles. The van der Waals surface area contributed by atoms with Gasteiger partial charge in [0.25, 0.3) is 11.8 Å². The number of hydrogen-bond donors (Lipinski definition) is 1. The zero-order valence-corrected chi connectivity index (χ0v) is 16.5.